The van der Waals surface area contributed by atoms with E-state index < -0.39 is 48.1 Å². The van der Waals surface area contributed by atoms with Crippen LogP contribution in [0.5, 0.6) is 0 Å². The highest BCUT2D eigenvalue weighted by molar-refractivity contribution is 6.30. The number of alkyl halides is 1. The number of fused-ring (bicyclic) bond motifs is 7. The van der Waals surface area contributed by atoms with Gasteiger partial charge in [-0.05, 0) is 145 Å². The Morgan fingerprint density at radius 2 is 1.61 bits per heavy atom. The van der Waals surface area contributed by atoms with Gasteiger partial charge >= 0.3 is 5.97 Å². The van der Waals surface area contributed by atoms with Crippen LogP contribution in [0, 0.1) is 74.9 Å². The average molecular weight is 838 g/mol. The normalized spacial score (nSPS) is 38.2. The molecule has 0 saturated heterocycles. The molecule has 0 radical (unpaired) electrons. The van der Waals surface area contributed by atoms with Crippen LogP contribution in [0.4, 0.5) is 4.39 Å². The molecule has 324 valence electrons. The number of allylic oxidation sites excluding steroid dienone is 2. The first kappa shape index (κ1) is 44.0. The van der Waals surface area contributed by atoms with Crippen molar-refractivity contribution in [2.45, 2.75) is 131 Å². The number of rotatable bonds is 12. The van der Waals surface area contributed by atoms with Crippen molar-refractivity contribution in [1.82, 2.24) is 10.6 Å². The van der Waals surface area contributed by atoms with Crippen LogP contribution < -0.4 is 10.6 Å². The number of nitrogens with one attached hydrogen (secondary N) is 2. The van der Waals surface area contributed by atoms with Gasteiger partial charge < -0.3 is 20.8 Å². The number of Topliss-reactive ketones (excluding diaryl/α,β-unsaturated/α-hetero) is 2. The Hall–Kier alpha value is -3.11. The van der Waals surface area contributed by atoms with E-state index in [-0.39, 0.29) is 75.8 Å². The van der Waals surface area contributed by atoms with Gasteiger partial charge in [0.05, 0.1) is 19.1 Å². The number of hydrogen-bond donors (Lipinski definition) is 4. The first-order valence-corrected chi connectivity index (χ1v) is 22.7. The minimum absolute atomic E-state index is 0.0162. The number of aliphatic hydroxyl groups excluding tert-OH is 1. The second-order valence-electron chi connectivity index (χ2n) is 21.3. The Labute approximate surface area is 354 Å². The zero-order valence-corrected chi connectivity index (χ0v) is 36.9. The summed E-state index contributed by atoms with van der Waals surface area (Å²) in [5, 5.41) is 25.0. The van der Waals surface area contributed by atoms with E-state index >= 15 is 4.39 Å². The van der Waals surface area contributed by atoms with Crippen LogP contribution in [-0.2, 0) is 19.2 Å². The molecule has 5 saturated carbocycles. The summed E-state index contributed by atoms with van der Waals surface area (Å²) in [6.07, 6.45) is 8.84. The lowest BCUT2D eigenvalue weighted by Gasteiger charge is -2.69. The lowest BCUT2D eigenvalue weighted by Crippen LogP contribution is -2.62. The maximum atomic E-state index is 16.1. The number of carbonyl (C=O) groups is 5. The largest absolute Gasteiger partial charge is 0.481 e. The van der Waals surface area contributed by atoms with Gasteiger partial charge in [0.15, 0.2) is 5.78 Å². The standard InChI is InChI=1S/C48H66ClFN2O7/c1-26(2)40-36(55)22-47(23-39(56)52-48(50,25-53)24-51-42(57)28-8-10-30(49)11-9-28)19-15-34-31(41(40)47)12-13-38-45(34,6)18-16-37-44(4,5)29(14-17-46(37,38)7)20-35(54)32-21-33(27(32)3)43(58)59/h8-11,26-27,29,31-34,37-38,53H,12-25H2,1-7H3,(H,51,57)(H,52,56)(H,58,59). The maximum Gasteiger partial charge on any atom is 0.306 e. The molecule has 2 amide bonds. The van der Waals surface area contributed by atoms with Crippen LogP contribution in [0.3, 0.4) is 0 Å². The van der Waals surface area contributed by atoms with E-state index in [1.165, 1.54) is 12.1 Å². The number of carboxylic acid groups (broad SMARTS) is 1. The van der Waals surface area contributed by atoms with E-state index in [1.54, 1.807) is 12.1 Å². The number of halogens is 2. The minimum atomic E-state index is -2.60. The van der Waals surface area contributed by atoms with Crippen molar-refractivity contribution in [1.29, 1.82) is 0 Å². The predicted octanol–water partition coefficient (Wildman–Crippen LogP) is 8.76. The van der Waals surface area contributed by atoms with E-state index in [0.717, 1.165) is 56.1 Å². The van der Waals surface area contributed by atoms with Crippen molar-refractivity contribution < 1.29 is 38.6 Å². The lowest BCUT2D eigenvalue weighted by atomic mass is 9.35. The molecule has 5 fully saturated rings. The summed E-state index contributed by atoms with van der Waals surface area (Å²) in [5.41, 5.74) is 1.60. The fourth-order valence-corrected chi connectivity index (χ4v) is 14.8. The molecule has 7 rings (SSSR count). The molecule has 6 aliphatic carbocycles. The van der Waals surface area contributed by atoms with E-state index in [2.05, 4.69) is 52.2 Å². The first-order chi connectivity index (χ1) is 27.6. The van der Waals surface area contributed by atoms with E-state index in [0.29, 0.717) is 42.0 Å². The van der Waals surface area contributed by atoms with Crippen LogP contribution in [0.2, 0.25) is 5.02 Å². The monoisotopic (exact) mass is 836 g/mol. The molecule has 0 aromatic heterocycles. The molecule has 0 spiro atoms. The molecule has 59 heavy (non-hydrogen) atoms. The highest BCUT2D eigenvalue weighted by Crippen LogP contribution is 2.74. The average Bonchev–Trinajstić information content (AvgIpc) is 3.46. The molecular weight excluding hydrogens is 771 g/mol. The molecule has 1 aromatic rings. The van der Waals surface area contributed by atoms with Gasteiger partial charge in [0.2, 0.25) is 11.7 Å². The quantitative estimate of drug-likeness (QED) is 0.154. The maximum absolute atomic E-state index is 16.1. The predicted molar refractivity (Wildman–Crippen MR) is 224 cm³/mol. The molecule has 11 heteroatoms. The zero-order chi connectivity index (χ0) is 43.0. The van der Waals surface area contributed by atoms with Crippen molar-refractivity contribution in [3.63, 3.8) is 0 Å². The fraction of sp³-hybridized carbons (Fsp3) is 0.729. The van der Waals surface area contributed by atoms with Crippen molar-refractivity contribution in [2.75, 3.05) is 13.2 Å². The molecule has 1 aromatic carbocycles. The Bertz CT molecular complexity index is 1910. The summed E-state index contributed by atoms with van der Waals surface area (Å²) in [7, 11) is 0. The Balaban J connectivity index is 1.07. The summed E-state index contributed by atoms with van der Waals surface area (Å²) in [4.78, 5) is 65.9. The topological polar surface area (TPSA) is 150 Å². The SMILES string of the molecule is CC(C)C1=C2C3CCC4C(C)(CCC5C(C)(C)C(CC(=O)C6CC(C(=O)O)C6C)CCC54C)C3CCC2(CC(=O)NC(F)(CO)CNC(=O)c2ccc(Cl)cc2)CC1=O. The van der Waals surface area contributed by atoms with Gasteiger partial charge in [0.25, 0.3) is 5.91 Å². The number of amides is 2. The Kier molecular flexibility index (Phi) is 11.7. The van der Waals surface area contributed by atoms with Crippen LogP contribution in [-0.4, -0.2) is 58.5 Å². The third kappa shape index (κ3) is 7.42. The number of ketones is 2. The van der Waals surface area contributed by atoms with Crippen molar-refractivity contribution in [2.24, 2.45) is 74.9 Å². The smallest absolute Gasteiger partial charge is 0.306 e. The van der Waals surface area contributed by atoms with Crippen molar-refractivity contribution >= 4 is 41.0 Å². The molecule has 4 N–H and O–H groups in total. The highest BCUT2D eigenvalue weighted by Gasteiger charge is 2.66. The highest BCUT2D eigenvalue weighted by atomic mass is 35.5. The summed E-state index contributed by atoms with van der Waals surface area (Å²) in [6, 6.07) is 6.12. The van der Waals surface area contributed by atoms with Gasteiger partial charge in [-0.1, -0.05) is 65.6 Å². The molecule has 9 nitrogen and oxygen atoms in total. The minimum Gasteiger partial charge on any atom is -0.481 e. The lowest BCUT2D eigenvalue weighted by molar-refractivity contribution is -0.193. The first-order valence-electron chi connectivity index (χ1n) is 22.3. The molecule has 0 heterocycles. The van der Waals surface area contributed by atoms with Gasteiger partial charge in [-0.25, -0.2) is 4.39 Å². The summed E-state index contributed by atoms with van der Waals surface area (Å²) in [6.45, 7) is 14.1. The molecule has 0 aliphatic heterocycles. The Morgan fingerprint density at radius 1 is 0.932 bits per heavy atom. The number of carbonyl (C=O) groups excluding carboxylic acids is 4. The fourth-order valence-electron chi connectivity index (χ4n) is 14.7. The van der Waals surface area contributed by atoms with Gasteiger partial charge in [-0.3, -0.25) is 24.0 Å². The van der Waals surface area contributed by atoms with Crippen LogP contribution in [0.1, 0.15) is 136 Å². The third-order valence-electron chi connectivity index (χ3n) is 17.7. The zero-order valence-electron chi connectivity index (χ0n) is 36.1. The molecule has 12 atom stereocenters. The number of aliphatic carboxylic acids is 1. The van der Waals surface area contributed by atoms with Crippen molar-refractivity contribution in [3.8, 4) is 0 Å². The number of carboxylic acids is 1. The van der Waals surface area contributed by atoms with E-state index in [9.17, 15) is 34.2 Å². The molecule has 0 bridgehead atoms. The molecule has 12 unspecified atom stereocenters. The van der Waals surface area contributed by atoms with Gasteiger partial charge in [-0.2, -0.15) is 0 Å². The van der Waals surface area contributed by atoms with Gasteiger partial charge in [-0.15, -0.1) is 0 Å². The van der Waals surface area contributed by atoms with Crippen molar-refractivity contribution in [3.05, 3.63) is 46.0 Å². The summed E-state index contributed by atoms with van der Waals surface area (Å²) >= 11 is 5.94. The van der Waals surface area contributed by atoms with E-state index in [1.807, 2.05) is 6.92 Å². The number of benzene rings is 1. The molecular formula is C48H66ClFN2O7. The Morgan fingerprint density at radius 3 is 2.24 bits per heavy atom. The van der Waals surface area contributed by atoms with Crippen LogP contribution >= 0.6 is 11.6 Å². The third-order valence-corrected chi connectivity index (χ3v) is 17.9. The number of hydrogen-bond acceptors (Lipinski definition) is 6. The molecule has 6 aliphatic rings. The summed E-state index contributed by atoms with van der Waals surface area (Å²) < 4.78 is 16.1. The van der Waals surface area contributed by atoms with Crippen LogP contribution in [0.25, 0.3) is 0 Å². The number of aliphatic hydroxyl groups is 1. The van der Waals surface area contributed by atoms with Gasteiger partial charge in [0, 0.05) is 41.2 Å². The summed E-state index contributed by atoms with van der Waals surface area (Å²) in [5.74, 6) is -3.22. The second-order valence-corrected chi connectivity index (χ2v) is 21.7. The van der Waals surface area contributed by atoms with E-state index in [4.69, 9.17) is 11.6 Å². The van der Waals surface area contributed by atoms with Gasteiger partial charge in [0.1, 0.15) is 5.78 Å². The second kappa shape index (κ2) is 15.7. The van der Waals surface area contributed by atoms with Crippen LogP contribution in [0.15, 0.2) is 35.4 Å².